The molecule has 2 aliphatic rings. The second kappa shape index (κ2) is 4.78. The lowest BCUT2D eigenvalue weighted by Gasteiger charge is -2.26. The lowest BCUT2D eigenvalue weighted by molar-refractivity contribution is -0.387. The van der Waals surface area contributed by atoms with Crippen LogP contribution in [0.3, 0.4) is 0 Å². The first-order chi connectivity index (χ1) is 9.39. The second-order valence-corrected chi connectivity index (χ2v) is 8.05. The normalized spacial score (nSPS) is 26.1. The van der Waals surface area contributed by atoms with Crippen LogP contribution in [-0.4, -0.2) is 30.2 Å². The molecule has 2 fully saturated rings. The zero-order valence-corrected chi connectivity index (χ0v) is 12.9. The van der Waals surface area contributed by atoms with E-state index in [2.05, 4.69) is 15.9 Å². The molecule has 0 aromatic heterocycles. The van der Waals surface area contributed by atoms with Crippen LogP contribution in [0.25, 0.3) is 0 Å². The van der Waals surface area contributed by atoms with Crippen LogP contribution in [0.2, 0.25) is 0 Å². The van der Waals surface area contributed by atoms with Crippen molar-refractivity contribution < 1.29 is 13.3 Å². The number of sulfonamides is 1. The third kappa shape index (κ3) is 2.15. The molecular weight excluding hydrogens is 348 g/mol. The smallest absolute Gasteiger partial charge is 0.258 e. The van der Waals surface area contributed by atoms with Crippen molar-refractivity contribution in [1.82, 2.24) is 4.31 Å². The summed E-state index contributed by atoms with van der Waals surface area (Å²) >= 11 is 3.18. The number of fused-ring (bicyclic) bond motifs is 2. The van der Waals surface area contributed by atoms with Crippen LogP contribution < -0.4 is 0 Å². The molecule has 0 spiro atoms. The zero-order valence-electron chi connectivity index (χ0n) is 10.5. The van der Waals surface area contributed by atoms with E-state index in [-0.39, 0.29) is 16.6 Å². The number of benzene rings is 1. The Bertz CT molecular complexity index is 676. The Morgan fingerprint density at radius 3 is 2.65 bits per heavy atom. The van der Waals surface area contributed by atoms with E-state index in [4.69, 9.17) is 0 Å². The number of nitro benzene ring substituents is 1. The highest BCUT2D eigenvalue weighted by Gasteiger charge is 2.45. The van der Waals surface area contributed by atoms with E-state index in [1.54, 1.807) is 0 Å². The molecule has 2 atom stereocenters. The van der Waals surface area contributed by atoms with E-state index in [1.807, 2.05) is 0 Å². The number of nitro groups is 1. The van der Waals surface area contributed by atoms with Crippen molar-refractivity contribution >= 4 is 31.6 Å². The molecule has 1 saturated heterocycles. The summed E-state index contributed by atoms with van der Waals surface area (Å²) in [6.07, 6.45) is 2.78. The van der Waals surface area contributed by atoms with Gasteiger partial charge in [0.15, 0.2) is 4.90 Å². The molecule has 1 aliphatic heterocycles. The second-order valence-electron chi connectivity index (χ2n) is 5.28. The average Bonchev–Trinajstić information content (AvgIpc) is 3.00. The molecule has 20 heavy (non-hydrogen) atoms. The van der Waals surface area contributed by atoms with E-state index >= 15 is 0 Å². The molecule has 108 valence electrons. The van der Waals surface area contributed by atoms with Crippen LogP contribution in [0, 0.1) is 16.0 Å². The molecule has 6 nitrogen and oxygen atoms in total. The molecule has 1 saturated carbocycles. The van der Waals surface area contributed by atoms with Crippen molar-refractivity contribution in [2.75, 3.05) is 6.54 Å². The summed E-state index contributed by atoms with van der Waals surface area (Å²) in [5, 5.41) is 11.1. The van der Waals surface area contributed by atoms with Crippen LogP contribution in [0.5, 0.6) is 0 Å². The van der Waals surface area contributed by atoms with Crippen LogP contribution in [0.4, 0.5) is 5.69 Å². The van der Waals surface area contributed by atoms with E-state index in [9.17, 15) is 18.5 Å². The molecule has 2 bridgehead atoms. The number of halogens is 1. The average molecular weight is 361 g/mol. The molecule has 0 radical (unpaired) electrons. The Balaban J connectivity index is 2.07. The standard InChI is InChI=1S/C12H13BrN2O4S/c13-9-2-4-11(15(16)17)12(6-9)20(18,19)14-7-8-1-3-10(14)5-8/h2,4,6,8,10H,1,3,5,7H2. The lowest BCUT2D eigenvalue weighted by atomic mass is 10.1. The maximum Gasteiger partial charge on any atom is 0.289 e. The fraction of sp³-hybridized carbons (Fsp3) is 0.500. The van der Waals surface area contributed by atoms with Crippen molar-refractivity contribution in [3.63, 3.8) is 0 Å². The summed E-state index contributed by atoms with van der Waals surface area (Å²) in [5.74, 6) is 0.404. The van der Waals surface area contributed by atoms with E-state index < -0.39 is 14.9 Å². The molecule has 1 aliphatic carbocycles. The van der Waals surface area contributed by atoms with Gasteiger partial charge in [-0.2, -0.15) is 4.31 Å². The van der Waals surface area contributed by atoms with Gasteiger partial charge in [-0.25, -0.2) is 8.42 Å². The highest BCUT2D eigenvalue weighted by atomic mass is 79.9. The number of hydrogen-bond acceptors (Lipinski definition) is 4. The van der Waals surface area contributed by atoms with Crippen LogP contribution >= 0.6 is 15.9 Å². The third-order valence-corrected chi connectivity index (χ3v) is 6.50. The van der Waals surface area contributed by atoms with Gasteiger partial charge in [-0.05, 0) is 37.3 Å². The number of rotatable bonds is 3. The zero-order chi connectivity index (χ0) is 14.5. The fourth-order valence-corrected chi connectivity index (χ4v) is 5.58. The van der Waals surface area contributed by atoms with Crippen LogP contribution in [-0.2, 0) is 10.0 Å². The predicted octanol–water partition coefficient (Wildman–Crippen LogP) is 2.53. The molecule has 3 rings (SSSR count). The van der Waals surface area contributed by atoms with E-state index in [1.165, 1.54) is 22.5 Å². The first-order valence-corrected chi connectivity index (χ1v) is 8.58. The molecular formula is C12H13BrN2O4S. The minimum absolute atomic E-state index is 0.00332. The molecule has 2 unspecified atom stereocenters. The van der Waals surface area contributed by atoms with Gasteiger partial charge in [0.2, 0.25) is 10.0 Å². The van der Waals surface area contributed by atoms with Gasteiger partial charge in [0.1, 0.15) is 0 Å². The molecule has 1 aromatic rings. The fourth-order valence-electron chi connectivity index (χ4n) is 3.15. The Kier molecular flexibility index (Phi) is 3.34. The molecule has 1 aromatic carbocycles. The summed E-state index contributed by atoms with van der Waals surface area (Å²) in [6.45, 7) is 0.483. The summed E-state index contributed by atoms with van der Waals surface area (Å²) in [5.41, 5.74) is -0.365. The maximum absolute atomic E-state index is 12.7. The van der Waals surface area contributed by atoms with Gasteiger partial charge in [0.25, 0.3) is 5.69 Å². The predicted molar refractivity (Wildman–Crippen MR) is 75.8 cm³/mol. The summed E-state index contributed by atoms with van der Waals surface area (Å²) in [7, 11) is -3.81. The monoisotopic (exact) mass is 360 g/mol. The first-order valence-electron chi connectivity index (χ1n) is 6.35. The van der Waals surface area contributed by atoms with Gasteiger partial charge in [0, 0.05) is 23.1 Å². The van der Waals surface area contributed by atoms with Gasteiger partial charge in [0.05, 0.1) is 4.92 Å². The minimum Gasteiger partial charge on any atom is -0.258 e. The lowest BCUT2D eigenvalue weighted by Crippen LogP contribution is -2.37. The summed E-state index contributed by atoms with van der Waals surface area (Å²) < 4.78 is 27.4. The number of nitrogens with zero attached hydrogens (tertiary/aromatic N) is 2. The van der Waals surface area contributed by atoms with Crippen molar-refractivity contribution in [1.29, 1.82) is 0 Å². The van der Waals surface area contributed by atoms with E-state index in [0.29, 0.717) is 16.9 Å². The Morgan fingerprint density at radius 2 is 2.10 bits per heavy atom. The molecule has 1 heterocycles. The largest absolute Gasteiger partial charge is 0.289 e. The quantitative estimate of drug-likeness (QED) is 0.612. The van der Waals surface area contributed by atoms with Gasteiger partial charge < -0.3 is 0 Å². The number of hydrogen-bond donors (Lipinski definition) is 0. The SMILES string of the molecule is O=[N+]([O-])c1ccc(Br)cc1S(=O)(=O)N1CC2CCC1C2. The van der Waals surface area contributed by atoms with Crippen LogP contribution in [0.15, 0.2) is 27.6 Å². The minimum atomic E-state index is -3.81. The summed E-state index contributed by atoms with van der Waals surface area (Å²) in [6, 6.07) is 4.03. The van der Waals surface area contributed by atoms with Crippen molar-refractivity contribution in [2.45, 2.75) is 30.2 Å². The molecule has 8 heteroatoms. The number of piperidine rings is 1. The van der Waals surface area contributed by atoms with E-state index in [0.717, 1.165) is 19.3 Å². The van der Waals surface area contributed by atoms with Gasteiger partial charge in [-0.15, -0.1) is 0 Å². The third-order valence-electron chi connectivity index (χ3n) is 4.06. The van der Waals surface area contributed by atoms with Crippen LogP contribution in [0.1, 0.15) is 19.3 Å². The topological polar surface area (TPSA) is 80.5 Å². The highest BCUT2D eigenvalue weighted by molar-refractivity contribution is 9.10. The van der Waals surface area contributed by atoms with Gasteiger partial charge >= 0.3 is 0 Å². The maximum atomic E-state index is 12.7. The summed E-state index contributed by atoms with van der Waals surface area (Å²) in [4.78, 5) is 10.2. The van der Waals surface area contributed by atoms with Gasteiger partial charge in [-0.3, -0.25) is 10.1 Å². The Labute approximate surface area is 125 Å². The van der Waals surface area contributed by atoms with Crippen molar-refractivity contribution in [2.24, 2.45) is 5.92 Å². The highest BCUT2D eigenvalue weighted by Crippen LogP contribution is 2.42. The molecule has 0 N–H and O–H groups in total. The Hall–Kier alpha value is -0.990. The Morgan fingerprint density at radius 1 is 1.35 bits per heavy atom. The van der Waals surface area contributed by atoms with Crippen molar-refractivity contribution in [3.05, 3.63) is 32.8 Å². The molecule has 0 amide bonds. The first kappa shape index (κ1) is 14.0. The van der Waals surface area contributed by atoms with Gasteiger partial charge in [-0.1, -0.05) is 15.9 Å². The van der Waals surface area contributed by atoms with Crippen molar-refractivity contribution in [3.8, 4) is 0 Å².